The lowest BCUT2D eigenvalue weighted by Crippen LogP contribution is -2.20. The van der Waals surface area contributed by atoms with Gasteiger partial charge in [-0.2, -0.15) is 14.0 Å². The SMILES string of the molecule is Cc1nc(F)ccc1[C@H](Nc1cc(Cl)c2ncc(C#N)c(NCC(C)(C)C)c2c1)c1nnn([C@@H](C)CF)c1F. The van der Waals surface area contributed by atoms with Crippen LogP contribution in [0.25, 0.3) is 10.9 Å². The Morgan fingerprint density at radius 2 is 1.95 bits per heavy atom. The largest absolute Gasteiger partial charge is 0.383 e. The quantitative estimate of drug-likeness (QED) is 0.238. The highest BCUT2D eigenvalue weighted by Crippen LogP contribution is 2.36. The first-order valence-corrected chi connectivity index (χ1v) is 12.6. The van der Waals surface area contributed by atoms with Crippen LogP contribution in [-0.4, -0.2) is 38.2 Å². The highest BCUT2D eigenvalue weighted by atomic mass is 35.5. The van der Waals surface area contributed by atoms with Gasteiger partial charge in [-0.1, -0.05) is 43.7 Å². The molecule has 0 saturated heterocycles. The zero-order valence-corrected chi connectivity index (χ0v) is 22.9. The Balaban J connectivity index is 1.87. The van der Waals surface area contributed by atoms with Gasteiger partial charge in [0, 0.05) is 35.1 Å². The molecule has 204 valence electrons. The highest BCUT2D eigenvalue weighted by molar-refractivity contribution is 6.35. The first-order chi connectivity index (χ1) is 18.4. The van der Waals surface area contributed by atoms with Crippen molar-refractivity contribution in [1.29, 1.82) is 5.26 Å². The third-order valence-electron chi connectivity index (χ3n) is 6.13. The summed E-state index contributed by atoms with van der Waals surface area (Å²) in [5, 5.41) is 25.0. The predicted molar refractivity (Wildman–Crippen MR) is 144 cm³/mol. The number of nitriles is 1. The van der Waals surface area contributed by atoms with Crippen molar-refractivity contribution in [2.75, 3.05) is 23.9 Å². The molecular formula is C27H28ClF3N8. The van der Waals surface area contributed by atoms with Gasteiger partial charge in [-0.05, 0) is 37.5 Å². The fourth-order valence-electron chi connectivity index (χ4n) is 4.10. The van der Waals surface area contributed by atoms with Gasteiger partial charge in [0.15, 0.2) is 0 Å². The molecule has 3 aromatic heterocycles. The Hall–Kier alpha value is -3.91. The summed E-state index contributed by atoms with van der Waals surface area (Å²) in [4.78, 5) is 8.24. The number of benzene rings is 1. The Kier molecular flexibility index (Phi) is 7.97. The zero-order chi connectivity index (χ0) is 28.5. The number of alkyl halides is 1. The molecule has 0 fully saturated rings. The van der Waals surface area contributed by atoms with Crippen molar-refractivity contribution in [3.05, 3.63) is 69.9 Å². The third-order valence-corrected chi connectivity index (χ3v) is 6.42. The number of rotatable bonds is 8. The summed E-state index contributed by atoms with van der Waals surface area (Å²) in [6.07, 6.45) is 1.46. The monoisotopic (exact) mass is 556 g/mol. The van der Waals surface area contributed by atoms with Crippen molar-refractivity contribution in [2.24, 2.45) is 5.41 Å². The molecule has 3 heterocycles. The number of aryl methyl sites for hydroxylation is 1. The average Bonchev–Trinajstić information content (AvgIpc) is 3.26. The molecule has 0 aliphatic rings. The molecule has 4 rings (SSSR count). The number of hydrogen-bond donors (Lipinski definition) is 2. The van der Waals surface area contributed by atoms with E-state index in [1.54, 1.807) is 19.1 Å². The van der Waals surface area contributed by atoms with E-state index in [2.05, 4.69) is 57.8 Å². The van der Waals surface area contributed by atoms with Crippen molar-refractivity contribution in [2.45, 2.75) is 46.7 Å². The number of halogens is 4. The van der Waals surface area contributed by atoms with E-state index < -0.39 is 30.7 Å². The summed E-state index contributed by atoms with van der Waals surface area (Å²) in [5.74, 6) is -1.53. The van der Waals surface area contributed by atoms with Crippen LogP contribution in [0.2, 0.25) is 5.02 Å². The van der Waals surface area contributed by atoms with Crippen LogP contribution < -0.4 is 10.6 Å². The zero-order valence-electron chi connectivity index (χ0n) is 22.2. The van der Waals surface area contributed by atoms with Crippen LogP contribution in [0.4, 0.5) is 24.5 Å². The topological polar surface area (TPSA) is 104 Å². The molecule has 12 heteroatoms. The molecule has 8 nitrogen and oxygen atoms in total. The van der Waals surface area contributed by atoms with Gasteiger partial charge >= 0.3 is 0 Å². The molecule has 0 aliphatic carbocycles. The number of aromatic nitrogens is 5. The van der Waals surface area contributed by atoms with Gasteiger partial charge in [-0.15, -0.1) is 5.10 Å². The number of nitrogens with one attached hydrogen (secondary N) is 2. The molecule has 0 bridgehead atoms. The number of fused-ring (bicyclic) bond motifs is 1. The standard InChI is InChI=1S/C27H28ClF3N8/c1-14(10-29)39-26(31)25(37-38-39)24(18-6-7-21(30)35-15(18)2)36-17-8-19-22(34-13-27(3,4)5)16(11-32)12-33-23(19)20(28)9-17/h6-9,12,14,24,36H,10,13H2,1-5H3,(H,33,34)/t14-,24-/m0/s1. The number of anilines is 2. The maximum atomic E-state index is 15.5. The molecule has 1 aromatic carbocycles. The molecule has 0 unspecified atom stereocenters. The van der Waals surface area contributed by atoms with Gasteiger partial charge in [0.1, 0.15) is 24.5 Å². The van der Waals surface area contributed by atoms with Gasteiger partial charge in [-0.3, -0.25) is 4.98 Å². The minimum absolute atomic E-state index is 0.0831. The molecule has 0 aliphatic heterocycles. The van der Waals surface area contributed by atoms with E-state index in [0.29, 0.717) is 50.7 Å². The summed E-state index contributed by atoms with van der Waals surface area (Å²) in [5.41, 5.74) is 2.34. The smallest absolute Gasteiger partial charge is 0.237 e. The molecule has 0 spiro atoms. The second-order valence-corrected chi connectivity index (χ2v) is 10.9. The van der Waals surface area contributed by atoms with E-state index in [1.165, 1.54) is 19.2 Å². The van der Waals surface area contributed by atoms with Crippen molar-refractivity contribution in [3.63, 3.8) is 0 Å². The fourth-order valence-corrected chi connectivity index (χ4v) is 4.36. The van der Waals surface area contributed by atoms with Crippen LogP contribution in [0.5, 0.6) is 0 Å². The summed E-state index contributed by atoms with van der Waals surface area (Å²) in [7, 11) is 0. The number of nitrogens with zero attached hydrogens (tertiary/aromatic N) is 6. The first-order valence-electron chi connectivity index (χ1n) is 12.3. The Labute approximate surface area is 229 Å². The van der Waals surface area contributed by atoms with E-state index >= 15 is 4.39 Å². The molecule has 0 saturated carbocycles. The van der Waals surface area contributed by atoms with Crippen LogP contribution in [0.1, 0.15) is 62.3 Å². The lowest BCUT2D eigenvalue weighted by Gasteiger charge is -2.23. The van der Waals surface area contributed by atoms with Gasteiger partial charge in [0.05, 0.1) is 27.8 Å². The third kappa shape index (κ3) is 5.91. The summed E-state index contributed by atoms with van der Waals surface area (Å²) < 4.78 is 43.5. The van der Waals surface area contributed by atoms with E-state index in [-0.39, 0.29) is 11.1 Å². The van der Waals surface area contributed by atoms with Gasteiger partial charge in [-0.25, -0.2) is 14.1 Å². The van der Waals surface area contributed by atoms with E-state index in [4.69, 9.17) is 11.6 Å². The van der Waals surface area contributed by atoms with Crippen molar-refractivity contribution < 1.29 is 13.2 Å². The van der Waals surface area contributed by atoms with E-state index in [1.807, 2.05) is 0 Å². The Morgan fingerprint density at radius 3 is 2.59 bits per heavy atom. The maximum Gasteiger partial charge on any atom is 0.237 e. The predicted octanol–water partition coefficient (Wildman–Crippen LogP) is 6.52. The van der Waals surface area contributed by atoms with Gasteiger partial charge in [0.2, 0.25) is 11.9 Å². The first kappa shape index (κ1) is 28.1. The van der Waals surface area contributed by atoms with Crippen LogP contribution in [0.15, 0.2) is 30.5 Å². The summed E-state index contributed by atoms with van der Waals surface area (Å²) in [6, 6.07) is 6.30. The minimum Gasteiger partial charge on any atom is -0.383 e. The summed E-state index contributed by atoms with van der Waals surface area (Å²) in [6.45, 7) is 8.97. The normalized spacial score (nSPS) is 13.2. The lowest BCUT2D eigenvalue weighted by molar-refractivity contribution is 0.314. The van der Waals surface area contributed by atoms with E-state index in [9.17, 15) is 14.0 Å². The second kappa shape index (κ2) is 11.1. The number of pyridine rings is 2. The van der Waals surface area contributed by atoms with E-state index in [0.717, 1.165) is 10.7 Å². The molecule has 39 heavy (non-hydrogen) atoms. The van der Waals surface area contributed by atoms with Crippen LogP contribution >= 0.6 is 11.6 Å². The number of hydrogen-bond acceptors (Lipinski definition) is 7. The molecule has 0 amide bonds. The average molecular weight is 557 g/mol. The van der Waals surface area contributed by atoms with Crippen LogP contribution in [-0.2, 0) is 0 Å². The second-order valence-electron chi connectivity index (χ2n) is 10.5. The minimum atomic E-state index is -0.981. The summed E-state index contributed by atoms with van der Waals surface area (Å²) >= 11 is 6.62. The Morgan fingerprint density at radius 1 is 1.21 bits per heavy atom. The molecule has 4 aromatic rings. The Bertz CT molecular complexity index is 1560. The fraction of sp³-hybridized carbons (Fsp3) is 0.370. The molecule has 2 N–H and O–H groups in total. The van der Waals surface area contributed by atoms with Gasteiger partial charge in [0.25, 0.3) is 0 Å². The highest BCUT2D eigenvalue weighted by Gasteiger charge is 2.28. The molecule has 2 atom stereocenters. The van der Waals surface area contributed by atoms with Crippen LogP contribution in [0, 0.1) is 35.6 Å². The van der Waals surface area contributed by atoms with Crippen molar-refractivity contribution >= 4 is 33.9 Å². The molecular weight excluding hydrogens is 529 g/mol. The van der Waals surface area contributed by atoms with Gasteiger partial charge < -0.3 is 10.6 Å². The molecule has 0 radical (unpaired) electrons. The van der Waals surface area contributed by atoms with Crippen LogP contribution in [0.3, 0.4) is 0 Å². The lowest BCUT2D eigenvalue weighted by atomic mass is 9.96. The maximum absolute atomic E-state index is 15.5. The van der Waals surface area contributed by atoms with Crippen molar-refractivity contribution in [3.8, 4) is 6.07 Å². The van der Waals surface area contributed by atoms with Crippen molar-refractivity contribution in [1.82, 2.24) is 25.0 Å².